The molecule has 0 saturated carbocycles. The third-order valence-electron chi connectivity index (χ3n) is 3.64. The van der Waals surface area contributed by atoms with Crippen LogP contribution in [0.2, 0.25) is 0 Å². The first-order chi connectivity index (χ1) is 12.2. The molecule has 0 fully saturated rings. The normalized spacial score (nSPS) is 10.3. The Kier molecular flexibility index (Phi) is 5.85. The van der Waals surface area contributed by atoms with Crippen LogP contribution in [0.1, 0.15) is 5.56 Å². The quantitative estimate of drug-likeness (QED) is 0.606. The lowest BCUT2D eigenvalue weighted by atomic mass is 10.1. The molecule has 0 atom stereocenters. The first-order valence-corrected chi connectivity index (χ1v) is 8.74. The number of halogens is 1. The molecule has 0 bridgehead atoms. The number of hydrogen-bond acceptors (Lipinski definition) is 5. The molecule has 3 rings (SSSR count). The summed E-state index contributed by atoms with van der Waals surface area (Å²) in [6, 6.07) is 17.9. The van der Waals surface area contributed by atoms with Gasteiger partial charge in [0.2, 0.25) is 0 Å². The number of anilines is 3. The molecule has 0 radical (unpaired) electrons. The molecule has 25 heavy (non-hydrogen) atoms. The van der Waals surface area contributed by atoms with E-state index in [2.05, 4.69) is 48.7 Å². The molecule has 128 valence electrons. The largest absolute Gasteiger partial charge is 0.497 e. The average molecular weight is 399 g/mol. The first-order valence-electron chi connectivity index (χ1n) is 7.94. The molecular weight excluding hydrogens is 380 g/mol. The van der Waals surface area contributed by atoms with Gasteiger partial charge in [0.25, 0.3) is 0 Å². The topological polar surface area (TPSA) is 59.1 Å². The second-order valence-electron chi connectivity index (χ2n) is 5.45. The molecule has 1 heterocycles. The molecule has 1 aromatic heterocycles. The lowest BCUT2D eigenvalue weighted by molar-refractivity contribution is 0.414. The van der Waals surface area contributed by atoms with E-state index in [0.29, 0.717) is 0 Å². The van der Waals surface area contributed by atoms with Gasteiger partial charge in [0.05, 0.1) is 7.11 Å². The van der Waals surface area contributed by atoms with Gasteiger partial charge in [-0.25, -0.2) is 9.97 Å². The van der Waals surface area contributed by atoms with E-state index >= 15 is 0 Å². The summed E-state index contributed by atoms with van der Waals surface area (Å²) in [4.78, 5) is 8.52. The minimum Gasteiger partial charge on any atom is -0.497 e. The van der Waals surface area contributed by atoms with Crippen molar-refractivity contribution in [2.75, 3.05) is 24.3 Å². The molecule has 6 heteroatoms. The summed E-state index contributed by atoms with van der Waals surface area (Å²) >= 11 is 3.46. The van der Waals surface area contributed by atoms with Gasteiger partial charge in [0.15, 0.2) is 0 Å². The zero-order valence-corrected chi connectivity index (χ0v) is 15.5. The van der Waals surface area contributed by atoms with Crippen LogP contribution in [-0.4, -0.2) is 23.6 Å². The van der Waals surface area contributed by atoms with E-state index < -0.39 is 0 Å². The molecular formula is C19H19BrN4O. The van der Waals surface area contributed by atoms with Gasteiger partial charge < -0.3 is 15.4 Å². The van der Waals surface area contributed by atoms with E-state index in [4.69, 9.17) is 4.74 Å². The highest BCUT2D eigenvalue weighted by Gasteiger charge is 2.01. The highest BCUT2D eigenvalue weighted by Crippen LogP contribution is 2.20. The van der Waals surface area contributed by atoms with E-state index in [1.807, 2.05) is 42.5 Å². The standard InChI is InChI=1S/C19H19BrN4O/c1-25-17-7-5-14(6-8-17)9-10-21-18-12-19(23-13-22-18)24-16-4-2-3-15(20)11-16/h2-8,11-13H,9-10H2,1H3,(H2,21,22,23,24). The second kappa shape index (κ2) is 8.48. The smallest absolute Gasteiger partial charge is 0.135 e. The summed E-state index contributed by atoms with van der Waals surface area (Å²) in [5.41, 5.74) is 2.21. The average Bonchev–Trinajstić information content (AvgIpc) is 2.63. The van der Waals surface area contributed by atoms with Crippen LogP contribution in [0, 0.1) is 0 Å². The van der Waals surface area contributed by atoms with E-state index in [0.717, 1.165) is 40.5 Å². The maximum atomic E-state index is 5.17. The van der Waals surface area contributed by atoms with Crippen LogP contribution < -0.4 is 15.4 Å². The van der Waals surface area contributed by atoms with E-state index in [9.17, 15) is 0 Å². The summed E-state index contributed by atoms with van der Waals surface area (Å²) < 4.78 is 6.19. The van der Waals surface area contributed by atoms with Crippen LogP contribution in [0.3, 0.4) is 0 Å². The highest BCUT2D eigenvalue weighted by atomic mass is 79.9. The number of methoxy groups -OCH3 is 1. The fraction of sp³-hybridized carbons (Fsp3) is 0.158. The van der Waals surface area contributed by atoms with Crippen molar-refractivity contribution in [1.29, 1.82) is 0 Å². The monoisotopic (exact) mass is 398 g/mol. The third-order valence-corrected chi connectivity index (χ3v) is 4.14. The molecule has 0 spiro atoms. The van der Waals surface area contributed by atoms with Crippen molar-refractivity contribution >= 4 is 33.3 Å². The predicted octanol–water partition coefficient (Wildman–Crippen LogP) is 4.65. The number of ether oxygens (including phenoxy) is 1. The molecule has 0 aliphatic rings. The van der Waals surface area contributed by atoms with Gasteiger partial charge in [-0.1, -0.05) is 34.1 Å². The van der Waals surface area contributed by atoms with Crippen molar-refractivity contribution in [2.45, 2.75) is 6.42 Å². The Balaban J connectivity index is 1.56. The maximum absolute atomic E-state index is 5.17. The van der Waals surface area contributed by atoms with Crippen molar-refractivity contribution in [1.82, 2.24) is 9.97 Å². The summed E-state index contributed by atoms with van der Waals surface area (Å²) in [5.74, 6) is 2.41. The Bertz CT molecular complexity index is 824. The van der Waals surface area contributed by atoms with Gasteiger partial charge in [0.1, 0.15) is 23.7 Å². The van der Waals surface area contributed by atoms with Crippen LogP contribution >= 0.6 is 15.9 Å². The van der Waals surface area contributed by atoms with Crippen molar-refractivity contribution in [3.8, 4) is 5.75 Å². The third kappa shape index (κ3) is 5.19. The van der Waals surface area contributed by atoms with Gasteiger partial charge in [-0.05, 0) is 42.3 Å². The first kappa shape index (κ1) is 17.2. The SMILES string of the molecule is COc1ccc(CCNc2cc(Nc3cccc(Br)c3)ncn2)cc1. The van der Waals surface area contributed by atoms with Gasteiger partial charge in [-0.3, -0.25) is 0 Å². The number of aromatic nitrogens is 2. The number of benzene rings is 2. The minimum absolute atomic E-state index is 0.750. The van der Waals surface area contributed by atoms with E-state index in [1.165, 1.54) is 5.56 Å². The number of nitrogens with one attached hydrogen (secondary N) is 2. The zero-order valence-electron chi connectivity index (χ0n) is 13.9. The molecule has 5 nitrogen and oxygen atoms in total. The van der Waals surface area contributed by atoms with Crippen molar-refractivity contribution in [3.63, 3.8) is 0 Å². The maximum Gasteiger partial charge on any atom is 0.135 e. The van der Waals surface area contributed by atoms with Gasteiger partial charge in [0, 0.05) is 22.8 Å². The van der Waals surface area contributed by atoms with Crippen LogP contribution in [-0.2, 0) is 6.42 Å². The molecule has 2 N–H and O–H groups in total. The summed E-state index contributed by atoms with van der Waals surface area (Å²) in [7, 11) is 1.67. The lowest BCUT2D eigenvalue weighted by Gasteiger charge is -2.09. The van der Waals surface area contributed by atoms with Gasteiger partial charge in [-0.2, -0.15) is 0 Å². The molecule has 0 aliphatic heterocycles. The molecule has 3 aromatic rings. The van der Waals surface area contributed by atoms with Gasteiger partial charge in [-0.15, -0.1) is 0 Å². The molecule has 2 aromatic carbocycles. The van der Waals surface area contributed by atoms with E-state index in [1.54, 1.807) is 13.4 Å². The van der Waals surface area contributed by atoms with Crippen LogP contribution in [0.25, 0.3) is 0 Å². The van der Waals surface area contributed by atoms with Crippen molar-refractivity contribution in [2.24, 2.45) is 0 Å². The molecule has 0 saturated heterocycles. The molecule has 0 unspecified atom stereocenters. The zero-order chi connectivity index (χ0) is 17.5. The Morgan fingerprint density at radius 2 is 1.80 bits per heavy atom. The number of rotatable bonds is 7. The van der Waals surface area contributed by atoms with Crippen molar-refractivity contribution < 1.29 is 4.74 Å². The fourth-order valence-corrected chi connectivity index (χ4v) is 2.76. The molecule has 0 amide bonds. The van der Waals surface area contributed by atoms with Crippen LogP contribution in [0.4, 0.5) is 17.3 Å². The number of hydrogen-bond donors (Lipinski definition) is 2. The Morgan fingerprint density at radius 3 is 2.56 bits per heavy atom. The molecule has 0 aliphatic carbocycles. The van der Waals surface area contributed by atoms with Crippen molar-refractivity contribution in [3.05, 3.63) is 71.0 Å². The fourth-order valence-electron chi connectivity index (χ4n) is 2.36. The highest BCUT2D eigenvalue weighted by molar-refractivity contribution is 9.10. The van der Waals surface area contributed by atoms with E-state index in [-0.39, 0.29) is 0 Å². The summed E-state index contributed by atoms with van der Waals surface area (Å²) in [6.45, 7) is 0.791. The summed E-state index contributed by atoms with van der Waals surface area (Å²) in [6.07, 6.45) is 2.46. The predicted molar refractivity (Wildman–Crippen MR) is 105 cm³/mol. The second-order valence-corrected chi connectivity index (χ2v) is 6.36. The Morgan fingerprint density at radius 1 is 1.00 bits per heavy atom. The minimum atomic E-state index is 0.750. The number of nitrogens with zero attached hydrogens (tertiary/aromatic N) is 2. The lowest BCUT2D eigenvalue weighted by Crippen LogP contribution is -2.07. The summed E-state index contributed by atoms with van der Waals surface area (Å²) in [5, 5.41) is 6.60. The van der Waals surface area contributed by atoms with Gasteiger partial charge >= 0.3 is 0 Å². The van der Waals surface area contributed by atoms with Crippen LogP contribution in [0.5, 0.6) is 5.75 Å². The Hall–Kier alpha value is -2.60. The van der Waals surface area contributed by atoms with Crippen LogP contribution in [0.15, 0.2) is 65.4 Å². The Labute approximate surface area is 155 Å².